The van der Waals surface area contributed by atoms with Crippen molar-refractivity contribution in [3.05, 3.63) is 35.4 Å². The molecule has 1 unspecified atom stereocenters. The smallest absolute Gasteiger partial charge is 0.328 e. The van der Waals surface area contributed by atoms with Gasteiger partial charge >= 0.3 is 5.97 Å². The lowest BCUT2D eigenvalue weighted by atomic mass is 10.1. The first kappa shape index (κ1) is 16.7. The summed E-state index contributed by atoms with van der Waals surface area (Å²) >= 11 is 0. The van der Waals surface area contributed by atoms with Crippen molar-refractivity contribution in [2.45, 2.75) is 19.9 Å². The first-order chi connectivity index (χ1) is 10.0. The molecule has 0 spiro atoms. The highest BCUT2D eigenvalue weighted by Crippen LogP contribution is 2.24. The second-order valence-corrected chi connectivity index (χ2v) is 4.65. The maximum atomic E-state index is 10.5. The van der Waals surface area contributed by atoms with Gasteiger partial charge in [-0.3, -0.25) is 0 Å². The highest BCUT2D eigenvalue weighted by Gasteiger charge is 2.16. The summed E-state index contributed by atoms with van der Waals surface area (Å²) in [5.74, 6) is -1.01. The van der Waals surface area contributed by atoms with Crippen molar-refractivity contribution in [1.29, 1.82) is 5.26 Å². The van der Waals surface area contributed by atoms with E-state index in [1.54, 1.807) is 19.2 Å². The number of ether oxygens (including phenoxy) is 1. The highest BCUT2D eigenvalue weighted by molar-refractivity contribution is 5.85. The molecule has 0 aromatic heterocycles. The summed E-state index contributed by atoms with van der Waals surface area (Å²) in [7, 11) is 1.65. The lowest BCUT2D eigenvalue weighted by Gasteiger charge is -2.30. The predicted molar refractivity (Wildman–Crippen MR) is 82.2 cm³/mol. The van der Waals surface area contributed by atoms with Crippen molar-refractivity contribution >= 4 is 17.7 Å². The van der Waals surface area contributed by atoms with Crippen molar-refractivity contribution in [3.63, 3.8) is 0 Å². The molecule has 1 atom stereocenters. The number of carbonyl (C=O) groups is 1. The van der Waals surface area contributed by atoms with Crippen LogP contribution < -0.4 is 4.90 Å². The van der Waals surface area contributed by atoms with Gasteiger partial charge < -0.3 is 14.7 Å². The number of hydrogen-bond donors (Lipinski definition) is 1. The van der Waals surface area contributed by atoms with Crippen LogP contribution in [0.3, 0.4) is 0 Å². The van der Waals surface area contributed by atoms with Gasteiger partial charge in [-0.2, -0.15) is 5.26 Å². The summed E-state index contributed by atoms with van der Waals surface area (Å²) < 4.78 is 5.17. The molecule has 0 aliphatic heterocycles. The number of carboxylic acid groups (broad SMARTS) is 1. The minimum absolute atomic E-state index is 0.146. The van der Waals surface area contributed by atoms with E-state index in [4.69, 9.17) is 9.84 Å². The Kier molecular flexibility index (Phi) is 6.44. The van der Waals surface area contributed by atoms with Crippen molar-refractivity contribution in [2.24, 2.45) is 0 Å². The van der Waals surface area contributed by atoms with Crippen molar-refractivity contribution in [1.82, 2.24) is 0 Å². The number of anilines is 1. The first-order valence-corrected chi connectivity index (χ1v) is 6.74. The van der Waals surface area contributed by atoms with E-state index < -0.39 is 5.97 Å². The van der Waals surface area contributed by atoms with Crippen LogP contribution in [-0.2, 0) is 9.53 Å². The van der Waals surface area contributed by atoms with Crippen LogP contribution in [0.1, 0.15) is 25.0 Å². The van der Waals surface area contributed by atoms with E-state index in [0.717, 1.165) is 18.3 Å². The summed E-state index contributed by atoms with van der Waals surface area (Å²) in [6.07, 6.45) is 2.53. The number of benzene rings is 1. The molecule has 5 heteroatoms. The monoisotopic (exact) mass is 288 g/mol. The molecule has 1 rings (SSSR count). The van der Waals surface area contributed by atoms with Crippen LogP contribution in [-0.4, -0.2) is 37.4 Å². The lowest BCUT2D eigenvalue weighted by Crippen LogP contribution is -2.36. The molecular weight excluding hydrogens is 268 g/mol. The van der Waals surface area contributed by atoms with E-state index >= 15 is 0 Å². The van der Waals surface area contributed by atoms with Gasteiger partial charge in [-0.1, -0.05) is 6.07 Å². The van der Waals surface area contributed by atoms with E-state index in [1.807, 2.05) is 19.9 Å². The van der Waals surface area contributed by atoms with Gasteiger partial charge in [0, 0.05) is 25.8 Å². The van der Waals surface area contributed by atoms with E-state index in [-0.39, 0.29) is 6.04 Å². The van der Waals surface area contributed by atoms with E-state index in [9.17, 15) is 10.1 Å². The van der Waals surface area contributed by atoms with Gasteiger partial charge in [0.15, 0.2) is 0 Å². The molecular formula is C16H20N2O3. The van der Waals surface area contributed by atoms with Crippen LogP contribution >= 0.6 is 0 Å². The standard InChI is InChI=1S/C16H20N2O3/c1-4-18(12(2)11-21-3)15-7-5-13(6-8-16(19)20)9-14(15)10-17/h5-9,12H,4,11H2,1-3H3,(H,19,20)/b8-6+. The van der Waals surface area contributed by atoms with E-state index in [2.05, 4.69) is 11.0 Å². The quantitative estimate of drug-likeness (QED) is 0.780. The molecule has 0 aliphatic rings. The molecule has 0 saturated heterocycles. The Hall–Kier alpha value is -2.32. The van der Waals surface area contributed by atoms with Crippen LogP contribution in [0.15, 0.2) is 24.3 Å². The zero-order chi connectivity index (χ0) is 15.8. The minimum atomic E-state index is -1.01. The number of nitriles is 1. The third kappa shape index (κ3) is 4.62. The van der Waals surface area contributed by atoms with Crippen molar-refractivity contribution in [3.8, 4) is 6.07 Å². The zero-order valence-electron chi connectivity index (χ0n) is 12.5. The Morgan fingerprint density at radius 3 is 2.81 bits per heavy atom. The van der Waals surface area contributed by atoms with Crippen molar-refractivity contribution < 1.29 is 14.6 Å². The van der Waals surface area contributed by atoms with Gasteiger partial charge in [0.25, 0.3) is 0 Å². The molecule has 21 heavy (non-hydrogen) atoms. The van der Waals surface area contributed by atoms with Crippen LogP contribution in [0.5, 0.6) is 0 Å². The summed E-state index contributed by atoms with van der Waals surface area (Å²) in [6, 6.07) is 7.66. The number of rotatable bonds is 7. The van der Waals surface area contributed by atoms with Crippen LogP contribution in [0.4, 0.5) is 5.69 Å². The van der Waals surface area contributed by atoms with E-state index in [0.29, 0.717) is 17.7 Å². The molecule has 1 aromatic rings. The van der Waals surface area contributed by atoms with Gasteiger partial charge in [0.05, 0.1) is 17.9 Å². The molecule has 0 heterocycles. The topological polar surface area (TPSA) is 73.6 Å². The Bertz CT molecular complexity index is 561. The molecule has 5 nitrogen and oxygen atoms in total. The average molecular weight is 288 g/mol. The number of methoxy groups -OCH3 is 1. The fourth-order valence-corrected chi connectivity index (χ4v) is 2.22. The Labute approximate surface area is 125 Å². The van der Waals surface area contributed by atoms with Gasteiger partial charge in [0.2, 0.25) is 0 Å². The first-order valence-electron chi connectivity index (χ1n) is 6.74. The number of nitrogens with zero attached hydrogens (tertiary/aromatic N) is 2. The predicted octanol–water partition coefficient (Wildman–Crippen LogP) is 2.52. The molecule has 0 saturated carbocycles. The number of aliphatic carboxylic acids is 1. The zero-order valence-corrected chi connectivity index (χ0v) is 12.5. The van der Waals surface area contributed by atoms with Crippen LogP contribution in [0.25, 0.3) is 6.08 Å². The van der Waals surface area contributed by atoms with Gasteiger partial charge in [-0.15, -0.1) is 0 Å². The van der Waals surface area contributed by atoms with Gasteiger partial charge in [-0.05, 0) is 37.6 Å². The molecule has 1 aromatic carbocycles. The van der Waals surface area contributed by atoms with Gasteiger partial charge in [-0.25, -0.2) is 4.79 Å². The average Bonchev–Trinajstić information content (AvgIpc) is 2.46. The fraction of sp³-hybridized carbons (Fsp3) is 0.375. The largest absolute Gasteiger partial charge is 0.478 e. The Morgan fingerprint density at radius 2 is 2.29 bits per heavy atom. The number of likely N-dealkylation sites (N-methyl/N-ethyl adjacent to an activating group) is 1. The molecule has 0 aliphatic carbocycles. The molecule has 0 radical (unpaired) electrons. The highest BCUT2D eigenvalue weighted by atomic mass is 16.5. The summed E-state index contributed by atoms with van der Waals surface area (Å²) in [6.45, 7) is 5.38. The van der Waals surface area contributed by atoms with Gasteiger partial charge in [0.1, 0.15) is 6.07 Å². The number of hydrogen-bond acceptors (Lipinski definition) is 4. The third-order valence-corrected chi connectivity index (χ3v) is 3.15. The second kappa shape index (κ2) is 8.08. The van der Waals surface area contributed by atoms with E-state index in [1.165, 1.54) is 6.08 Å². The van der Waals surface area contributed by atoms with Crippen LogP contribution in [0, 0.1) is 11.3 Å². The molecule has 0 fully saturated rings. The normalized spacial score (nSPS) is 12.1. The van der Waals surface area contributed by atoms with Crippen molar-refractivity contribution in [2.75, 3.05) is 25.2 Å². The summed E-state index contributed by atoms with van der Waals surface area (Å²) in [5, 5.41) is 18.0. The van der Waals surface area contributed by atoms with Crippen LogP contribution in [0.2, 0.25) is 0 Å². The Balaban J connectivity index is 3.13. The fourth-order valence-electron chi connectivity index (χ4n) is 2.22. The lowest BCUT2D eigenvalue weighted by molar-refractivity contribution is -0.131. The SMILES string of the molecule is CCN(c1ccc(/C=C/C(=O)O)cc1C#N)C(C)COC. The molecule has 0 bridgehead atoms. The molecule has 0 amide bonds. The maximum absolute atomic E-state index is 10.5. The summed E-state index contributed by atoms with van der Waals surface area (Å²) in [5.41, 5.74) is 2.04. The Morgan fingerprint density at radius 1 is 1.57 bits per heavy atom. The summed E-state index contributed by atoms with van der Waals surface area (Å²) in [4.78, 5) is 12.6. The molecule has 1 N–H and O–H groups in total. The second-order valence-electron chi connectivity index (χ2n) is 4.65. The maximum Gasteiger partial charge on any atom is 0.328 e. The molecule has 112 valence electrons. The number of carboxylic acids is 1. The minimum Gasteiger partial charge on any atom is -0.478 e. The third-order valence-electron chi connectivity index (χ3n) is 3.15.